The Kier molecular flexibility index (Phi) is 17.7. The molecule has 1 aromatic carbocycles. The predicted octanol–water partition coefficient (Wildman–Crippen LogP) is 2.60. The molecule has 0 fully saturated rings. The van der Waals surface area contributed by atoms with E-state index in [1.807, 2.05) is 10.8 Å². The van der Waals surface area contributed by atoms with Crippen LogP contribution in [0.15, 0.2) is 68.0 Å². The van der Waals surface area contributed by atoms with Crippen LogP contribution in [-0.2, 0) is 33.8 Å². The fraction of sp³-hybridized carbons (Fsp3) is 0.500. The summed E-state index contributed by atoms with van der Waals surface area (Å²) in [6, 6.07) is 3.15. The van der Waals surface area contributed by atoms with Gasteiger partial charge in [-0.3, -0.25) is 19.2 Å². The first-order chi connectivity index (χ1) is 26.4. The summed E-state index contributed by atoms with van der Waals surface area (Å²) in [6.07, 6.45) is 21.4. The average molecular weight is 747 g/mol. The lowest BCUT2D eigenvalue weighted by Gasteiger charge is -2.24. The number of amides is 4. The summed E-state index contributed by atoms with van der Waals surface area (Å²) in [5, 5.41) is 20.8. The monoisotopic (exact) mass is 746 g/mol. The van der Waals surface area contributed by atoms with Crippen molar-refractivity contribution in [2.75, 3.05) is 19.8 Å². The Balaban J connectivity index is 1.34. The van der Waals surface area contributed by atoms with Crippen molar-refractivity contribution in [1.82, 2.24) is 50.8 Å². The van der Waals surface area contributed by atoms with Crippen molar-refractivity contribution in [2.45, 2.75) is 102 Å². The van der Waals surface area contributed by atoms with Crippen molar-refractivity contribution in [3.05, 3.63) is 85.0 Å². The third-order valence-electron chi connectivity index (χ3n) is 8.86. The van der Waals surface area contributed by atoms with Crippen molar-refractivity contribution in [2.24, 2.45) is 0 Å². The molecule has 4 rings (SSSR count). The van der Waals surface area contributed by atoms with Gasteiger partial charge in [0, 0.05) is 67.7 Å². The van der Waals surface area contributed by atoms with E-state index in [9.17, 15) is 24.3 Å². The second-order valence-electron chi connectivity index (χ2n) is 13.2. The van der Waals surface area contributed by atoms with Gasteiger partial charge >= 0.3 is 0 Å². The number of aromatic amines is 2. The van der Waals surface area contributed by atoms with E-state index in [0.717, 1.165) is 12.8 Å². The van der Waals surface area contributed by atoms with Crippen molar-refractivity contribution in [3.63, 3.8) is 0 Å². The van der Waals surface area contributed by atoms with Crippen LogP contribution in [0.5, 0.6) is 5.75 Å². The number of hydrogen-bond acceptors (Lipinski definition) is 9. The standard InChI is InChI=1S/C38H54N10O6/c1-2-3-4-5-6-7-8-9-19-54-31-13-11-28(12-14-31)35(50)45-32(20-29-22-40-25-43-29)37(52)46-33(21-30-23-41-26-44-30)38(53)47-34(24-49)36(51)42-15-10-17-48-18-16-39-27-48/h11-14,16,18,22-23,25-27,32-34,49H,2-10,15,17,19-21,24H2,1H3,(H,40,43)(H,41,44)(H,42,51)(H,45,50)(H,46,52)(H,47,53)/t32-,33-,34-/m0/s1. The van der Waals surface area contributed by atoms with Gasteiger partial charge in [0.25, 0.3) is 5.91 Å². The molecule has 0 spiro atoms. The number of unbranched alkanes of at least 4 members (excludes halogenated alkanes) is 7. The van der Waals surface area contributed by atoms with Gasteiger partial charge in [-0.25, -0.2) is 15.0 Å². The normalized spacial score (nSPS) is 12.7. The largest absolute Gasteiger partial charge is 0.494 e. The predicted molar refractivity (Wildman–Crippen MR) is 201 cm³/mol. The summed E-state index contributed by atoms with van der Waals surface area (Å²) in [4.78, 5) is 71.5. The number of aliphatic hydroxyl groups is 1. The molecule has 0 aliphatic carbocycles. The van der Waals surface area contributed by atoms with Gasteiger partial charge < -0.3 is 45.6 Å². The summed E-state index contributed by atoms with van der Waals surface area (Å²) in [5.74, 6) is -1.77. The number of aromatic nitrogens is 6. The number of ether oxygens (including phenoxy) is 1. The topological polar surface area (TPSA) is 221 Å². The van der Waals surface area contributed by atoms with E-state index < -0.39 is 48.4 Å². The minimum absolute atomic E-state index is 0.00656. The maximum absolute atomic E-state index is 13.8. The number of carbonyl (C=O) groups excluding carboxylic acids is 4. The van der Waals surface area contributed by atoms with Crippen LogP contribution in [0.3, 0.4) is 0 Å². The lowest BCUT2D eigenvalue weighted by molar-refractivity contribution is -0.133. The maximum Gasteiger partial charge on any atom is 0.251 e. The number of aryl methyl sites for hydroxylation is 1. The smallest absolute Gasteiger partial charge is 0.251 e. The van der Waals surface area contributed by atoms with E-state index in [0.29, 0.717) is 48.8 Å². The summed E-state index contributed by atoms with van der Waals surface area (Å²) in [6.45, 7) is 3.09. The number of carbonyl (C=O) groups is 4. The first-order valence-corrected chi connectivity index (χ1v) is 18.8. The third kappa shape index (κ3) is 14.5. The molecule has 3 atom stereocenters. The van der Waals surface area contributed by atoms with Crippen LogP contribution < -0.4 is 26.0 Å². The van der Waals surface area contributed by atoms with E-state index in [1.54, 1.807) is 43.0 Å². The van der Waals surface area contributed by atoms with Gasteiger partial charge in [0.05, 0.1) is 32.2 Å². The number of H-pyrrole nitrogens is 2. The number of hydrogen-bond donors (Lipinski definition) is 7. The number of rotatable bonds is 26. The van der Waals surface area contributed by atoms with Crippen LogP contribution in [0.4, 0.5) is 0 Å². The summed E-state index contributed by atoms with van der Waals surface area (Å²) < 4.78 is 7.75. The zero-order chi connectivity index (χ0) is 38.4. The highest BCUT2D eigenvalue weighted by molar-refractivity contribution is 5.99. The molecule has 0 saturated heterocycles. The molecule has 7 N–H and O–H groups in total. The SMILES string of the molecule is CCCCCCCCCCOc1ccc(C(=O)N[C@@H](Cc2cnc[nH]2)C(=O)N[C@@H](Cc2cnc[nH]2)C(=O)N[C@@H](CO)C(=O)NCCCn2ccnc2)cc1. The van der Waals surface area contributed by atoms with E-state index >= 15 is 0 Å². The van der Waals surface area contributed by atoms with E-state index in [4.69, 9.17) is 4.74 Å². The Morgan fingerprint density at radius 3 is 1.94 bits per heavy atom. The Morgan fingerprint density at radius 1 is 0.759 bits per heavy atom. The van der Waals surface area contributed by atoms with Gasteiger partial charge in [0.15, 0.2) is 0 Å². The van der Waals surface area contributed by atoms with Crippen molar-refractivity contribution < 1.29 is 29.0 Å². The third-order valence-corrected chi connectivity index (χ3v) is 8.86. The molecule has 0 aliphatic heterocycles. The highest BCUT2D eigenvalue weighted by Gasteiger charge is 2.30. The van der Waals surface area contributed by atoms with Gasteiger partial charge in [-0.1, -0.05) is 51.9 Å². The Hall–Kier alpha value is -5.51. The number of imidazole rings is 3. The van der Waals surface area contributed by atoms with Crippen LogP contribution in [0.25, 0.3) is 0 Å². The molecule has 0 bridgehead atoms. The molecule has 0 saturated carbocycles. The summed E-state index contributed by atoms with van der Waals surface area (Å²) in [7, 11) is 0. The molecule has 16 nitrogen and oxygen atoms in total. The quantitative estimate of drug-likeness (QED) is 0.0469. The van der Waals surface area contributed by atoms with Gasteiger partial charge in [0.2, 0.25) is 17.7 Å². The molecule has 54 heavy (non-hydrogen) atoms. The number of aliphatic hydroxyl groups excluding tert-OH is 1. The first-order valence-electron chi connectivity index (χ1n) is 18.8. The van der Waals surface area contributed by atoms with E-state index in [1.165, 1.54) is 57.4 Å². The molecule has 0 radical (unpaired) electrons. The van der Waals surface area contributed by atoms with E-state index in [2.05, 4.69) is 53.1 Å². The number of nitrogens with one attached hydrogen (secondary N) is 6. The van der Waals surface area contributed by atoms with Gasteiger partial charge in [0.1, 0.15) is 23.9 Å². The molecule has 0 unspecified atom stereocenters. The highest BCUT2D eigenvalue weighted by atomic mass is 16.5. The van der Waals surface area contributed by atoms with Crippen LogP contribution in [0.1, 0.15) is 86.5 Å². The zero-order valence-corrected chi connectivity index (χ0v) is 31.0. The fourth-order valence-electron chi connectivity index (χ4n) is 5.78. The minimum atomic E-state index is -1.26. The number of nitrogens with zero attached hydrogens (tertiary/aromatic N) is 4. The molecule has 4 aromatic rings. The molecule has 292 valence electrons. The van der Waals surface area contributed by atoms with Gasteiger partial charge in [-0.05, 0) is 37.1 Å². The van der Waals surface area contributed by atoms with Gasteiger partial charge in [-0.15, -0.1) is 0 Å². The molecular formula is C38H54N10O6. The second kappa shape index (κ2) is 23.2. The maximum atomic E-state index is 13.8. The Bertz CT molecular complexity index is 1650. The molecule has 3 aromatic heterocycles. The van der Waals surface area contributed by atoms with Crippen LogP contribution >= 0.6 is 0 Å². The second-order valence-corrected chi connectivity index (χ2v) is 13.2. The van der Waals surface area contributed by atoms with Crippen LogP contribution in [-0.4, -0.2) is 96.1 Å². The molecule has 3 heterocycles. The fourth-order valence-corrected chi connectivity index (χ4v) is 5.78. The Morgan fingerprint density at radius 2 is 1.37 bits per heavy atom. The minimum Gasteiger partial charge on any atom is -0.494 e. The summed E-state index contributed by atoms with van der Waals surface area (Å²) in [5.41, 5.74) is 1.45. The van der Waals surface area contributed by atoms with E-state index in [-0.39, 0.29) is 12.8 Å². The van der Waals surface area contributed by atoms with Crippen molar-refractivity contribution >= 4 is 23.6 Å². The molecule has 4 amide bonds. The average Bonchev–Trinajstić information content (AvgIpc) is 4.00. The first kappa shape index (κ1) is 41.2. The van der Waals surface area contributed by atoms with Crippen LogP contribution in [0, 0.1) is 0 Å². The zero-order valence-electron chi connectivity index (χ0n) is 31.0. The number of benzene rings is 1. The summed E-state index contributed by atoms with van der Waals surface area (Å²) >= 11 is 0. The van der Waals surface area contributed by atoms with Crippen molar-refractivity contribution in [1.29, 1.82) is 0 Å². The van der Waals surface area contributed by atoms with Crippen molar-refractivity contribution in [3.8, 4) is 5.75 Å². The highest BCUT2D eigenvalue weighted by Crippen LogP contribution is 2.15. The van der Waals surface area contributed by atoms with Crippen LogP contribution in [0.2, 0.25) is 0 Å². The molecule has 0 aliphatic rings. The lowest BCUT2D eigenvalue weighted by atomic mass is 10.1. The molecular weight excluding hydrogens is 692 g/mol. The lowest BCUT2D eigenvalue weighted by Crippen LogP contribution is -2.58. The Labute approximate surface area is 315 Å². The molecule has 16 heteroatoms. The van der Waals surface area contributed by atoms with Gasteiger partial charge in [-0.2, -0.15) is 0 Å².